The average molecular weight is 461 g/mol. The van der Waals surface area contributed by atoms with Crippen LogP contribution in [-0.2, 0) is 0 Å². The zero-order chi connectivity index (χ0) is 24.2. The van der Waals surface area contributed by atoms with E-state index in [4.69, 9.17) is 0 Å². The zero-order valence-electron chi connectivity index (χ0n) is 19.9. The Morgan fingerprint density at radius 1 is 0.444 bits per heavy atom. The molecule has 5 aromatic carbocycles. The molecular formula is C34H24N2. The smallest absolute Gasteiger partial charge is 0.0641 e. The number of benzene rings is 5. The summed E-state index contributed by atoms with van der Waals surface area (Å²) in [6.07, 6.45) is 3.77. The van der Waals surface area contributed by atoms with E-state index in [0.717, 1.165) is 22.5 Å². The Hall–Kier alpha value is -4.82. The van der Waals surface area contributed by atoms with Gasteiger partial charge in [-0.1, -0.05) is 92.0 Å². The summed E-state index contributed by atoms with van der Waals surface area (Å²) in [5.74, 6) is 0. The normalized spacial score (nSPS) is 11.6. The molecule has 0 spiro atoms. The lowest BCUT2D eigenvalue weighted by Gasteiger charge is -2.10. The molecule has 7 aromatic rings. The van der Waals surface area contributed by atoms with Gasteiger partial charge < -0.3 is 9.13 Å². The van der Waals surface area contributed by atoms with E-state index in [-0.39, 0.29) is 0 Å². The molecule has 0 amide bonds. The van der Waals surface area contributed by atoms with Crippen LogP contribution >= 0.6 is 0 Å². The van der Waals surface area contributed by atoms with E-state index in [9.17, 15) is 0 Å². The molecule has 0 saturated heterocycles. The van der Waals surface area contributed by atoms with Gasteiger partial charge in [0.15, 0.2) is 0 Å². The van der Waals surface area contributed by atoms with Crippen LogP contribution in [0.15, 0.2) is 122 Å². The number of rotatable bonds is 4. The van der Waals surface area contributed by atoms with Gasteiger partial charge in [-0.05, 0) is 53.6 Å². The van der Waals surface area contributed by atoms with Gasteiger partial charge in [0, 0.05) is 32.9 Å². The van der Waals surface area contributed by atoms with Crippen molar-refractivity contribution in [1.29, 1.82) is 0 Å². The molecule has 0 aliphatic carbocycles. The van der Waals surface area contributed by atoms with Gasteiger partial charge in [-0.2, -0.15) is 0 Å². The minimum absolute atomic E-state index is 1.12. The van der Waals surface area contributed by atoms with Crippen LogP contribution in [0.4, 0.5) is 0 Å². The number of fused-ring (bicyclic) bond motifs is 7. The molecule has 170 valence electrons. The van der Waals surface area contributed by atoms with Crippen LogP contribution in [-0.4, -0.2) is 9.13 Å². The van der Waals surface area contributed by atoms with Gasteiger partial charge >= 0.3 is 0 Å². The molecule has 0 unspecified atom stereocenters. The maximum Gasteiger partial charge on any atom is 0.0641 e. The zero-order valence-corrected chi connectivity index (χ0v) is 19.9. The second-order valence-corrected chi connectivity index (χ2v) is 9.15. The summed E-state index contributed by atoms with van der Waals surface area (Å²) in [5.41, 5.74) is 9.35. The fourth-order valence-corrected chi connectivity index (χ4v) is 5.57. The van der Waals surface area contributed by atoms with E-state index in [1.807, 2.05) is 12.2 Å². The molecular weight excluding hydrogens is 436 g/mol. The Balaban J connectivity index is 1.68. The third-order valence-corrected chi connectivity index (χ3v) is 7.24. The molecule has 36 heavy (non-hydrogen) atoms. The molecule has 0 aliphatic rings. The molecule has 0 atom stereocenters. The lowest BCUT2D eigenvalue weighted by Crippen LogP contribution is -1.95. The molecule has 2 heteroatoms. The van der Waals surface area contributed by atoms with E-state index in [2.05, 4.69) is 131 Å². The largest absolute Gasteiger partial charge is 0.309 e. The lowest BCUT2D eigenvalue weighted by molar-refractivity contribution is 1.17. The SMILES string of the molecule is C=Cc1ccc(-n2c3ccccc3c3c2ccc2c4ccccc4n(-c4ccc(C=C)cc4)c23)cc1. The Labute approximate surface area is 209 Å². The summed E-state index contributed by atoms with van der Waals surface area (Å²) in [6, 6.07) is 39.2. The van der Waals surface area contributed by atoms with Crippen LogP contribution in [0.1, 0.15) is 11.1 Å². The highest BCUT2D eigenvalue weighted by atomic mass is 15.0. The quantitative estimate of drug-likeness (QED) is 0.248. The monoisotopic (exact) mass is 460 g/mol. The van der Waals surface area contributed by atoms with Crippen LogP contribution in [0.2, 0.25) is 0 Å². The van der Waals surface area contributed by atoms with Crippen molar-refractivity contribution in [2.24, 2.45) is 0 Å². The van der Waals surface area contributed by atoms with Gasteiger partial charge in [0.05, 0.1) is 22.1 Å². The van der Waals surface area contributed by atoms with Gasteiger partial charge in [0.1, 0.15) is 0 Å². The molecule has 2 aromatic heterocycles. The first-order valence-corrected chi connectivity index (χ1v) is 12.2. The molecule has 7 rings (SSSR count). The molecule has 0 bridgehead atoms. The number of hydrogen-bond donors (Lipinski definition) is 0. The van der Waals surface area contributed by atoms with E-state index < -0.39 is 0 Å². The minimum atomic E-state index is 1.12. The molecule has 0 radical (unpaired) electrons. The highest BCUT2D eigenvalue weighted by molar-refractivity contribution is 6.26. The van der Waals surface area contributed by atoms with Crippen molar-refractivity contribution < 1.29 is 0 Å². The van der Waals surface area contributed by atoms with Crippen LogP contribution < -0.4 is 0 Å². The van der Waals surface area contributed by atoms with E-state index in [0.29, 0.717) is 0 Å². The summed E-state index contributed by atoms with van der Waals surface area (Å²) in [5, 5.41) is 5.03. The second-order valence-electron chi connectivity index (χ2n) is 9.15. The van der Waals surface area contributed by atoms with Crippen molar-refractivity contribution in [2.75, 3.05) is 0 Å². The lowest BCUT2D eigenvalue weighted by atomic mass is 10.1. The highest BCUT2D eigenvalue weighted by Crippen LogP contribution is 2.41. The number of hydrogen-bond acceptors (Lipinski definition) is 0. The minimum Gasteiger partial charge on any atom is -0.309 e. The van der Waals surface area contributed by atoms with Crippen LogP contribution in [0.3, 0.4) is 0 Å². The summed E-state index contributed by atoms with van der Waals surface area (Å²) >= 11 is 0. The topological polar surface area (TPSA) is 9.86 Å². The van der Waals surface area contributed by atoms with Gasteiger partial charge in [-0.25, -0.2) is 0 Å². The van der Waals surface area contributed by atoms with Crippen LogP contribution in [0.25, 0.3) is 67.1 Å². The number of aromatic nitrogens is 2. The third-order valence-electron chi connectivity index (χ3n) is 7.24. The first-order valence-electron chi connectivity index (χ1n) is 12.2. The number of nitrogens with zero attached hydrogens (tertiary/aromatic N) is 2. The van der Waals surface area contributed by atoms with Crippen LogP contribution in [0, 0.1) is 0 Å². The molecule has 2 nitrogen and oxygen atoms in total. The van der Waals surface area contributed by atoms with E-state index in [1.165, 1.54) is 43.6 Å². The van der Waals surface area contributed by atoms with Gasteiger partial charge in [0.25, 0.3) is 0 Å². The van der Waals surface area contributed by atoms with Crippen molar-refractivity contribution >= 4 is 55.8 Å². The first-order chi connectivity index (χ1) is 17.8. The summed E-state index contributed by atoms with van der Waals surface area (Å²) < 4.78 is 4.79. The molecule has 2 heterocycles. The van der Waals surface area contributed by atoms with Crippen molar-refractivity contribution in [3.63, 3.8) is 0 Å². The van der Waals surface area contributed by atoms with Gasteiger partial charge in [-0.15, -0.1) is 0 Å². The Morgan fingerprint density at radius 3 is 1.58 bits per heavy atom. The fourth-order valence-electron chi connectivity index (χ4n) is 5.57. The van der Waals surface area contributed by atoms with Gasteiger partial charge in [0.2, 0.25) is 0 Å². The Kier molecular flexibility index (Phi) is 4.49. The first kappa shape index (κ1) is 20.5. The van der Waals surface area contributed by atoms with Crippen molar-refractivity contribution in [3.05, 3.63) is 133 Å². The number of para-hydroxylation sites is 2. The summed E-state index contributed by atoms with van der Waals surface area (Å²) in [6.45, 7) is 7.84. The fraction of sp³-hybridized carbons (Fsp3) is 0. The van der Waals surface area contributed by atoms with Gasteiger partial charge in [-0.3, -0.25) is 0 Å². The molecule has 0 saturated carbocycles. The third kappa shape index (κ3) is 2.85. The predicted molar refractivity (Wildman–Crippen MR) is 155 cm³/mol. The van der Waals surface area contributed by atoms with Crippen molar-refractivity contribution in [2.45, 2.75) is 0 Å². The highest BCUT2D eigenvalue weighted by Gasteiger charge is 2.20. The predicted octanol–water partition coefficient (Wildman–Crippen LogP) is 9.17. The van der Waals surface area contributed by atoms with E-state index >= 15 is 0 Å². The average Bonchev–Trinajstić information content (AvgIpc) is 3.46. The maximum atomic E-state index is 3.93. The Bertz CT molecular complexity index is 1950. The second kappa shape index (κ2) is 7.86. The summed E-state index contributed by atoms with van der Waals surface area (Å²) in [7, 11) is 0. The Morgan fingerprint density at radius 2 is 0.972 bits per heavy atom. The molecule has 0 aliphatic heterocycles. The van der Waals surface area contributed by atoms with Crippen molar-refractivity contribution in [1.82, 2.24) is 9.13 Å². The molecule has 0 fully saturated rings. The van der Waals surface area contributed by atoms with E-state index in [1.54, 1.807) is 0 Å². The summed E-state index contributed by atoms with van der Waals surface area (Å²) in [4.78, 5) is 0. The standard InChI is InChI=1S/C34H24N2/c1-3-23-13-17-25(18-14-23)35-31-12-8-6-10-29(31)33-32(35)22-21-28-27-9-5-7-11-30(27)36(34(28)33)26-19-15-24(4-2)16-20-26/h3-22H,1-2H2. The molecule has 0 N–H and O–H groups in total. The van der Waals surface area contributed by atoms with Crippen LogP contribution in [0.5, 0.6) is 0 Å². The maximum absolute atomic E-state index is 3.93. The van der Waals surface area contributed by atoms with Crippen molar-refractivity contribution in [3.8, 4) is 11.4 Å².